The summed E-state index contributed by atoms with van der Waals surface area (Å²) >= 11 is 0. The Kier molecular flexibility index (Phi) is 3.77. The van der Waals surface area contributed by atoms with E-state index in [2.05, 4.69) is 29.5 Å². The van der Waals surface area contributed by atoms with E-state index in [1.807, 2.05) is 30.3 Å². The molecule has 1 aromatic carbocycles. The molecule has 2 rings (SSSR count). The number of anilines is 1. The minimum absolute atomic E-state index is 0.194. The van der Waals surface area contributed by atoms with Crippen molar-refractivity contribution in [3.63, 3.8) is 0 Å². The number of aromatic nitrogens is 1. The van der Waals surface area contributed by atoms with Gasteiger partial charge in [-0.2, -0.15) is 0 Å². The molecule has 0 saturated heterocycles. The van der Waals surface area contributed by atoms with Gasteiger partial charge in [-0.15, -0.1) is 0 Å². The number of fused-ring (bicyclic) bond motifs is 1. The second-order valence-electron chi connectivity index (χ2n) is 4.65. The van der Waals surface area contributed by atoms with Gasteiger partial charge >= 0.3 is 6.03 Å². The van der Waals surface area contributed by atoms with Gasteiger partial charge in [0.05, 0.1) is 17.4 Å². The number of nitrogens with one attached hydrogen (secondary N) is 2. The summed E-state index contributed by atoms with van der Waals surface area (Å²) in [6.45, 7) is 4.77. The van der Waals surface area contributed by atoms with E-state index in [0.29, 0.717) is 18.2 Å². The molecule has 4 heteroatoms. The molecule has 1 aromatic heterocycles. The van der Waals surface area contributed by atoms with Crippen molar-refractivity contribution in [3.05, 3.63) is 36.5 Å². The Bertz CT molecular complexity index is 551. The lowest BCUT2D eigenvalue weighted by molar-refractivity contribution is 0.251. The van der Waals surface area contributed by atoms with Crippen molar-refractivity contribution in [2.75, 3.05) is 11.9 Å². The van der Waals surface area contributed by atoms with Crippen LogP contribution in [0, 0.1) is 5.92 Å². The number of amides is 2. The van der Waals surface area contributed by atoms with E-state index >= 15 is 0 Å². The number of nitrogens with zero attached hydrogens (tertiary/aromatic N) is 1. The molecule has 1 heterocycles. The lowest BCUT2D eigenvalue weighted by Gasteiger charge is -2.09. The Labute approximate surface area is 106 Å². The Morgan fingerprint density at radius 2 is 2.11 bits per heavy atom. The van der Waals surface area contributed by atoms with E-state index in [4.69, 9.17) is 0 Å². The Morgan fingerprint density at radius 1 is 1.33 bits per heavy atom. The number of carbonyl (C=O) groups excluding carboxylic acids is 1. The number of pyridine rings is 1. The van der Waals surface area contributed by atoms with Crippen LogP contribution >= 0.6 is 0 Å². The van der Waals surface area contributed by atoms with Gasteiger partial charge in [-0.3, -0.25) is 4.98 Å². The SMILES string of the molecule is CC(C)CNC(=O)Nc1cnc2ccccc2c1. The van der Waals surface area contributed by atoms with E-state index < -0.39 is 0 Å². The Morgan fingerprint density at radius 3 is 2.89 bits per heavy atom. The van der Waals surface area contributed by atoms with Gasteiger partial charge in [-0.1, -0.05) is 32.0 Å². The molecular weight excluding hydrogens is 226 g/mol. The van der Waals surface area contributed by atoms with Gasteiger partial charge < -0.3 is 10.6 Å². The number of rotatable bonds is 3. The highest BCUT2D eigenvalue weighted by Crippen LogP contribution is 2.15. The van der Waals surface area contributed by atoms with Crippen LogP contribution in [-0.2, 0) is 0 Å². The van der Waals surface area contributed by atoms with Crippen molar-refractivity contribution in [2.24, 2.45) is 5.92 Å². The number of para-hydroxylation sites is 1. The zero-order chi connectivity index (χ0) is 13.0. The third-order valence-corrected chi connectivity index (χ3v) is 2.52. The molecule has 0 unspecified atom stereocenters. The number of benzene rings is 1. The number of hydrogen-bond donors (Lipinski definition) is 2. The van der Waals surface area contributed by atoms with Crippen LogP contribution in [0.4, 0.5) is 10.5 Å². The molecule has 18 heavy (non-hydrogen) atoms. The highest BCUT2D eigenvalue weighted by molar-refractivity contribution is 5.91. The fourth-order valence-corrected chi connectivity index (χ4v) is 1.61. The van der Waals surface area contributed by atoms with Crippen LogP contribution in [0.5, 0.6) is 0 Å². The minimum atomic E-state index is -0.194. The lowest BCUT2D eigenvalue weighted by atomic mass is 10.2. The van der Waals surface area contributed by atoms with Crippen LogP contribution in [0.1, 0.15) is 13.8 Å². The zero-order valence-corrected chi connectivity index (χ0v) is 10.6. The van der Waals surface area contributed by atoms with E-state index in [1.54, 1.807) is 6.20 Å². The van der Waals surface area contributed by atoms with Crippen molar-refractivity contribution in [1.82, 2.24) is 10.3 Å². The maximum Gasteiger partial charge on any atom is 0.319 e. The van der Waals surface area contributed by atoms with Gasteiger partial charge in [0.2, 0.25) is 0 Å². The average molecular weight is 243 g/mol. The molecule has 2 N–H and O–H groups in total. The quantitative estimate of drug-likeness (QED) is 0.870. The van der Waals surface area contributed by atoms with Crippen molar-refractivity contribution >= 4 is 22.6 Å². The number of carbonyl (C=O) groups is 1. The first kappa shape index (κ1) is 12.4. The molecule has 0 aliphatic rings. The molecule has 0 atom stereocenters. The summed E-state index contributed by atoms with van der Waals surface area (Å²) in [6.07, 6.45) is 1.66. The van der Waals surface area contributed by atoms with E-state index in [0.717, 1.165) is 10.9 Å². The summed E-state index contributed by atoms with van der Waals surface area (Å²) in [4.78, 5) is 15.9. The monoisotopic (exact) mass is 243 g/mol. The van der Waals surface area contributed by atoms with Gasteiger partial charge in [0.1, 0.15) is 0 Å². The van der Waals surface area contributed by atoms with E-state index in [1.165, 1.54) is 0 Å². The highest BCUT2D eigenvalue weighted by Gasteiger charge is 2.03. The molecule has 0 aliphatic carbocycles. The lowest BCUT2D eigenvalue weighted by Crippen LogP contribution is -2.31. The molecule has 0 aliphatic heterocycles. The Hall–Kier alpha value is -2.10. The normalized spacial score (nSPS) is 10.6. The number of urea groups is 1. The van der Waals surface area contributed by atoms with Gasteiger partial charge in [-0.05, 0) is 18.1 Å². The predicted molar refractivity (Wildman–Crippen MR) is 73.6 cm³/mol. The van der Waals surface area contributed by atoms with Gasteiger partial charge in [0.25, 0.3) is 0 Å². The van der Waals surface area contributed by atoms with Gasteiger partial charge in [0.15, 0.2) is 0 Å². The third kappa shape index (κ3) is 3.20. The molecule has 94 valence electrons. The van der Waals surface area contributed by atoms with Gasteiger partial charge in [0, 0.05) is 11.9 Å². The van der Waals surface area contributed by atoms with Crippen molar-refractivity contribution in [2.45, 2.75) is 13.8 Å². The topological polar surface area (TPSA) is 54.0 Å². The summed E-state index contributed by atoms with van der Waals surface area (Å²) in [6, 6.07) is 9.53. The van der Waals surface area contributed by atoms with Crippen molar-refractivity contribution in [1.29, 1.82) is 0 Å². The molecule has 0 fully saturated rings. The molecule has 0 spiro atoms. The van der Waals surface area contributed by atoms with Crippen LogP contribution in [0.25, 0.3) is 10.9 Å². The molecule has 0 radical (unpaired) electrons. The zero-order valence-electron chi connectivity index (χ0n) is 10.6. The fraction of sp³-hybridized carbons (Fsp3) is 0.286. The van der Waals surface area contributed by atoms with Crippen LogP contribution < -0.4 is 10.6 Å². The maximum atomic E-state index is 11.6. The van der Waals surface area contributed by atoms with Crippen LogP contribution in [0.15, 0.2) is 36.5 Å². The van der Waals surface area contributed by atoms with Crippen LogP contribution in [0.2, 0.25) is 0 Å². The molecule has 2 amide bonds. The second-order valence-corrected chi connectivity index (χ2v) is 4.65. The van der Waals surface area contributed by atoms with Crippen molar-refractivity contribution < 1.29 is 4.79 Å². The smallest absolute Gasteiger partial charge is 0.319 e. The second kappa shape index (κ2) is 5.49. The molecule has 2 aromatic rings. The van der Waals surface area contributed by atoms with Crippen LogP contribution in [0.3, 0.4) is 0 Å². The van der Waals surface area contributed by atoms with Gasteiger partial charge in [-0.25, -0.2) is 4.79 Å². The molecular formula is C14H17N3O. The molecule has 0 bridgehead atoms. The summed E-state index contributed by atoms with van der Waals surface area (Å²) < 4.78 is 0. The first-order valence-corrected chi connectivity index (χ1v) is 6.05. The molecule has 0 saturated carbocycles. The van der Waals surface area contributed by atoms with E-state index in [-0.39, 0.29) is 6.03 Å². The van der Waals surface area contributed by atoms with Crippen LogP contribution in [-0.4, -0.2) is 17.6 Å². The summed E-state index contributed by atoms with van der Waals surface area (Å²) in [5.41, 5.74) is 1.63. The molecule has 4 nitrogen and oxygen atoms in total. The largest absolute Gasteiger partial charge is 0.338 e. The predicted octanol–water partition coefficient (Wildman–Crippen LogP) is 3.01. The van der Waals surface area contributed by atoms with E-state index in [9.17, 15) is 4.79 Å². The number of hydrogen-bond acceptors (Lipinski definition) is 2. The standard InChI is InChI=1S/C14H17N3O/c1-10(2)8-16-14(18)17-12-7-11-5-3-4-6-13(11)15-9-12/h3-7,9-10H,8H2,1-2H3,(H2,16,17,18). The summed E-state index contributed by atoms with van der Waals surface area (Å²) in [5.74, 6) is 0.436. The summed E-state index contributed by atoms with van der Waals surface area (Å²) in [5, 5.41) is 6.59. The highest BCUT2D eigenvalue weighted by atomic mass is 16.2. The summed E-state index contributed by atoms with van der Waals surface area (Å²) in [7, 11) is 0. The van der Waals surface area contributed by atoms with Crippen molar-refractivity contribution in [3.8, 4) is 0 Å². The first-order chi connectivity index (χ1) is 8.65. The maximum absolute atomic E-state index is 11.6. The first-order valence-electron chi connectivity index (χ1n) is 6.05. The third-order valence-electron chi connectivity index (χ3n) is 2.52. The fourth-order valence-electron chi connectivity index (χ4n) is 1.61. The minimum Gasteiger partial charge on any atom is -0.338 e. The Balaban J connectivity index is 2.05. The average Bonchev–Trinajstić information content (AvgIpc) is 2.36.